The highest BCUT2D eigenvalue weighted by molar-refractivity contribution is 9.10. The van der Waals surface area contributed by atoms with Gasteiger partial charge in [0.1, 0.15) is 5.75 Å². The minimum atomic E-state index is 0.0213. The summed E-state index contributed by atoms with van der Waals surface area (Å²) in [7, 11) is 1.68. The maximum Gasteiger partial charge on any atom is 0.124 e. The molecule has 1 unspecified atom stereocenters. The van der Waals surface area contributed by atoms with Gasteiger partial charge in [-0.05, 0) is 58.4 Å². The Labute approximate surface area is 147 Å². The van der Waals surface area contributed by atoms with Crippen LogP contribution in [0, 0.1) is 0 Å². The van der Waals surface area contributed by atoms with Crippen LogP contribution in [0.5, 0.6) is 5.75 Å². The second-order valence-corrected chi connectivity index (χ2v) is 6.73. The molecule has 0 fully saturated rings. The number of halogens is 3. The Balaban J connectivity index is 2.52. The molecule has 5 heteroatoms. The first kappa shape index (κ1) is 16.8. The van der Waals surface area contributed by atoms with E-state index in [-0.39, 0.29) is 6.04 Å². The van der Waals surface area contributed by atoms with Crippen LogP contribution >= 0.6 is 43.5 Å². The average molecular weight is 434 g/mol. The maximum absolute atomic E-state index is 6.24. The molecule has 0 aliphatic rings. The van der Waals surface area contributed by atoms with E-state index in [9.17, 15) is 0 Å². The summed E-state index contributed by atoms with van der Waals surface area (Å²) in [5.41, 5.74) is 2.17. The van der Waals surface area contributed by atoms with Crippen molar-refractivity contribution in [3.63, 3.8) is 0 Å². The standard InChI is InChI=1S/C16H16Br2ClNO/c1-3-20-16(10-4-6-13(18)14(19)8-10)12-9-11(17)5-7-15(12)21-2/h4-9,16,20H,3H2,1-2H3. The molecule has 2 nitrogen and oxygen atoms in total. The summed E-state index contributed by atoms with van der Waals surface area (Å²) in [4.78, 5) is 0. The largest absolute Gasteiger partial charge is 0.496 e. The molecule has 0 saturated carbocycles. The molecule has 0 spiro atoms. The van der Waals surface area contributed by atoms with Crippen LogP contribution in [0.25, 0.3) is 0 Å². The normalized spacial score (nSPS) is 12.2. The molecule has 0 saturated heterocycles. The monoisotopic (exact) mass is 431 g/mol. The number of nitrogens with one attached hydrogen (secondary N) is 1. The van der Waals surface area contributed by atoms with E-state index >= 15 is 0 Å². The first-order chi connectivity index (χ1) is 10.1. The molecular weight excluding hydrogens is 417 g/mol. The van der Waals surface area contributed by atoms with Crippen molar-refractivity contribution in [1.29, 1.82) is 0 Å². The van der Waals surface area contributed by atoms with Gasteiger partial charge in [0.2, 0.25) is 0 Å². The molecule has 1 atom stereocenters. The zero-order chi connectivity index (χ0) is 15.4. The van der Waals surface area contributed by atoms with Gasteiger partial charge in [-0.1, -0.05) is 40.5 Å². The van der Waals surface area contributed by atoms with Crippen molar-refractivity contribution in [1.82, 2.24) is 5.32 Å². The number of methoxy groups -OCH3 is 1. The van der Waals surface area contributed by atoms with E-state index in [1.807, 2.05) is 24.3 Å². The maximum atomic E-state index is 6.24. The van der Waals surface area contributed by atoms with Crippen LogP contribution in [-0.4, -0.2) is 13.7 Å². The van der Waals surface area contributed by atoms with Gasteiger partial charge in [-0.25, -0.2) is 0 Å². The van der Waals surface area contributed by atoms with Crippen LogP contribution in [0.2, 0.25) is 5.02 Å². The quantitative estimate of drug-likeness (QED) is 0.665. The smallest absolute Gasteiger partial charge is 0.124 e. The highest BCUT2D eigenvalue weighted by Crippen LogP contribution is 2.34. The molecular formula is C16H16Br2ClNO. The molecule has 0 heterocycles. The third kappa shape index (κ3) is 4.01. The average Bonchev–Trinajstić information content (AvgIpc) is 2.48. The third-order valence-corrected chi connectivity index (χ3v) is 4.91. The SMILES string of the molecule is CCNC(c1ccc(Br)c(Cl)c1)c1cc(Br)ccc1OC. The first-order valence-electron chi connectivity index (χ1n) is 6.58. The van der Waals surface area contributed by atoms with Crippen LogP contribution < -0.4 is 10.1 Å². The number of hydrogen-bond acceptors (Lipinski definition) is 2. The Morgan fingerprint density at radius 3 is 2.57 bits per heavy atom. The minimum absolute atomic E-state index is 0.0213. The van der Waals surface area contributed by atoms with Gasteiger partial charge in [0, 0.05) is 14.5 Å². The lowest BCUT2D eigenvalue weighted by molar-refractivity contribution is 0.404. The summed E-state index contributed by atoms with van der Waals surface area (Å²) < 4.78 is 7.41. The van der Waals surface area contributed by atoms with Gasteiger partial charge in [-0.3, -0.25) is 0 Å². The van der Waals surface area contributed by atoms with Gasteiger partial charge < -0.3 is 10.1 Å². The minimum Gasteiger partial charge on any atom is -0.496 e. The lowest BCUT2D eigenvalue weighted by Crippen LogP contribution is -2.22. The predicted octanol–water partition coefficient (Wildman–Crippen LogP) is 5.57. The fourth-order valence-electron chi connectivity index (χ4n) is 2.23. The highest BCUT2D eigenvalue weighted by Gasteiger charge is 2.18. The fraction of sp³-hybridized carbons (Fsp3) is 0.250. The molecule has 0 radical (unpaired) electrons. The molecule has 2 rings (SSSR count). The van der Waals surface area contributed by atoms with Gasteiger partial charge in [0.25, 0.3) is 0 Å². The first-order valence-corrected chi connectivity index (χ1v) is 8.55. The van der Waals surface area contributed by atoms with Gasteiger partial charge in [0.15, 0.2) is 0 Å². The van der Waals surface area contributed by atoms with Crippen molar-refractivity contribution >= 4 is 43.5 Å². The molecule has 0 aliphatic carbocycles. The molecule has 0 aromatic heterocycles. The number of hydrogen-bond donors (Lipinski definition) is 1. The number of rotatable bonds is 5. The predicted molar refractivity (Wildman–Crippen MR) is 95.4 cm³/mol. The molecule has 112 valence electrons. The van der Waals surface area contributed by atoms with Crippen molar-refractivity contribution in [2.75, 3.05) is 13.7 Å². The second kappa shape index (κ2) is 7.63. The zero-order valence-corrected chi connectivity index (χ0v) is 15.7. The summed E-state index contributed by atoms with van der Waals surface area (Å²) >= 11 is 13.2. The van der Waals surface area contributed by atoms with Crippen LogP contribution in [0.1, 0.15) is 24.1 Å². The van der Waals surface area contributed by atoms with Crippen LogP contribution in [0.15, 0.2) is 45.3 Å². The molecule has 0 amide bonds. The lowest BCUT2D eigenvalue weighted by Gasteiger charge is -2.22. The van der Waals surface area contributed by atoms with E-state index in [1.165, 1.54) is 0 Å². The molecule has 21 heavy (non-hydrogen) atoms. The van der Waals surface area contributed by atoms with Crippen LogP contribution in [0.3, 0.4) is 0 Å². The summed E-state index contributed by atoms with van der Waals surface area (Å²) in [6.07, 6.45) is 0. The summed E-state index contributed by atoms with van der Waals surface area (Å²) in [5, 5.41) is 4.19. The summed E-state index contributed by atoms with van der Waals surface area (Å²) in [5.74, 6) is 0.850. The van der Waals surface area contributed by atoms with E-state index < -0.39 is 0 Å². The molecule has 2 aromatic rings. The van der Waals surface area contributed by atoms with Crippen LogP contribution in [0.4, 0.5) is 0 Å². The Hall–Kier alpha value is -0.550. The summed E-state index contributed by atoms with van der Waals surface area (Å²) in [6.45, 7) is 2.92. The van der Waals surface area contributed by atoms with E-state index in [4.69, 9.17) is 16.3 Å². The van der Waals surface area contributed by atoms with E-state index in [0.717, 1.165) is 32.4 Å². The Morgan fingerprint density at radius 1 is 1.19 bits per heavy atom. The second-order valence-electron chi connectivity index (χ2n) is 4.55. The van der Waals surface area contributed by atoms with Crippen molar-refractivity contribution < 1.29 is 4.74 Å². The molecule has 0 aliphatic heterocycles. The van der Waals surface area contributed by atoms with Crippen molar-refractivity contribution in [2.24, 2.45) is 0 Å². The lowest BCUT2D eigenvalue weighted by atomic mass is 9.98. The van der Waals surface area contributed by atoms with Crippen LogP contribution in [-0.2, 0) is 0 Å². The fourth-order valence-corrected chi connectivity index (χ4v) is 3.05. The summed E-state index contributed by atoms with van der Waals surface area (Å²) in [6, 6.07) is 12.0. The van der Waals surface area contributed by atoms with E-state index in [0.29, 0.717) is 5.02 Å². The van der Waals surface area contributed by atoms with E-state index in [1.54, 1.807) is 7.11 Å². The van der Waals surface area contributed by atoms with Gasteiger partial charge in [-0.15, -0.1) is 0 Å². The Kier molecular flexibility index (Phi) is 6.11. The Morgan fingerprint density at radius 2 is 1.95 bits per heavy atom. The Bertz CT molecular complexity index is 634. The van der Waals surface area contributed by atoms with Gasteiger partial charge >= 0.3 is 0 Å². The third-order valence-electron chi connectivity index (χ3n) is 3.19. The highest BCUT2D eigenvalue weighted by atomic mass is 79.9. The number of ether oxygens (including phenoxy) is 1. The molecule has 2 aromatic carbocycles. The number of benzene rings is 2. The van der Waals surface area contributed by atoms with E-state index in [2.05, 4.69) is 56.2 Å². The zero-order valence-electron chi connectivity index (χ0n) is 11.8. The van der Waals surface area contributed by atoms with Gasteiger partial charge in [-0.2, -0.15) is 0 Å². The van der Waals surface area contributed by atoms with Crippen molar-refractivity contribution in [3.8, 4) is 5.75 Å². The van der Waals surface area contributed by atoms with Crippen molar-refractivity contribution in [3.05, 3.63) is 61.5 Å². The van der Waals surface area contributed by atoms with Gasteiger partial charge in [0.05, 0.1) is 18.2 Å². The molecule has 1 N–H and O–H groups in total. The molecule has 0 bridgehead atoms. The topological polar surface area (TPSA) is 21.3 Å². The van der Waals surface area contributed by atoms with Crippen molar-refractivity contribution in [2.45, 2.75) is 13.0 Å².